The van der Waals surface area contributed by atoms with E-state index in [0.717, 1.165) is 11.4 Å². The van der Waals surface area contributed by atoms with Crippen LogP contribution < -0.4 is 21.2 Å². The summed E-state index contributed by atoms with van der Waals surface area (Å²) in [6.07, 6.45) is 0. The fraction of sp³-hybridized carbons (Fsp3) is 0.0909. The van der Waals surface area contributed by atoms with Crippen molar-refractivity contribution in [2.45, 2.75) is 0 Å². The Hall–Kier alpha value is -2.77. The third-order valence-corrected chi connectivity index (χ3v) is 9.32. The molecule has 0 bridgehead atoms. The summed E-state index contributed by atoms with van der Waals surface area (Å²) in [5.41, 5.74) is 1.07. The molecule has 0 radical (unpaired) electrons. The molecule has 0 aliphatic heterocycles. The summed E-state index contributed by atoms with van der Waals surface area (Å²) in [5, 5.41) is 15.2. The molecule has 3 rings (SSSR count). The summed E-state index contributed by atoms with van der Waals surface area (Å²) in [5.74, 6) is 0.737. The van der Waals surface area contributed by atoms with Gasteiger partial charge in [0.1, 0.15) is 0 Å². The zero-order chi connectivity index (χ0) is 18.4. The van der Waals surface area contributed by atoms with E-state index in [9.17, 15) is 0 Å². The quantitative estimate of drug-likeness (QED) is 0.323. The van der Waals surface area contributed by atoms with Crippen molar-refractivity contribution in [1.82, 2.24) is 5.32 Å². The predicted molar refractivity (Wildman–Crippen MR) is 118 cm³/mol. The van der Waals surface area contributed by atoms with Gasteiger partial charge in [0.15, 0.2) is 0 Å². The van der Waals surface area contributed by atoms with Crippen LogP contribution in [0, 0.1) is 0 Å². The molecule has 0 saturated heterocycles. The van der Waals surface area contributed by atoms with Crippen molar-refractivity contribution in [2.75, 3.05) is 13.7 Å². The van der Waals surface area contributed by atoms with Crippen LogP contribution in [0.4, 0.5) is 0 Å². The van der Waals surface area contributed by atoms with Gasteiger partial charge in [-0.2, -0.15) is 0 Å². The van der Waals surface area contributed by atoms with Crippen LogP contribution in [-0.2, 0) is 0 Å². The molecule has 0 fully saturated rings. The molecule has 3 aromatic carbocycles. The fourth-order valence-electron chi connectivity index (χ4n) is 3.46. The molecule has 0 aliphatic carbocycles. The molecule has 0 aliphatic rings. The maximum atomic E-state index is 4.22. The van der Waals surface area contributed by atoms with Crippen molar-refractivity contribution in [1.29, 1.82) is 0 Å². The van der Waals surface area contributed by atoms with Gasteiger partial charge in [-0.3, -0.25) is 0 Å². The van der Waals surface area contributed by atoms with Crippen LogP contribution in [0.2, 0.25) is 0 Å². The molecule has 3 aromatic rings. The molecule has 0 saturated carbocycles. The van der Waals surface area contributed by atoms with Gasteiger partial charge in [0.05, 0.1) is 0 Å². The molecule has 0 aromatic heterocycles. The molecule has 3 nitrogen and oxygen atoms in total. The van der Waals surface area contributed by atoms with Crippen molar-refractivity contribution in [3.8, 4) is 0 Å². The van der Waals surface area contributed by atoms with E-state index >= 15 is 0 Å². The van der Waals surface area contributed by atoms with E-state index in [1.807, 2.05) is 13.1 Å². The van der Waals surface area contributed by atoms with Gasteiger partial charge in [-0.25, -0.2) is 0 Å². The van der Waals surface area contributed by atoms with Crippen molar-refractivity contribution < 1.29 is 0 Å². The molecule has 0 unspecified atom stereocenters. The SMILES string of the molecule is C=N/N=C(\NC)c1ccccc1[PH](C)(c1ccccc1)c1ccccc1. The molecule has 26 heavy (non-hydrogen) atoms. The molecule has 0 atom stereocenters. The van der Waals surface area contributed by atoms with Crippen LogP contribution in [0.15, 0.2) is 95.1 Å². The molecular weight excluding hydrogens is 337 g/mol. The minimum absolute atomic E-state index is 0.737. The third-order valence-electron chi connectivity index (χ3n) is 4.83. The van der Waals surface area contributed by atoms with Gasteiger partial charge < -0.3 is 0 Å². The number of rotatable bonds is 5. The van der Waals surface area contributed by atoms with E-state index in [-0.39, 0.29) is 0 Å². The molecule has 4 heteroatoms. The van der Waals surface area contributed by atoms with Gasteiger partial charge in [-0.15, -0.1) is 0 Å². The Kier molecular flexibility index (Phi) is 5.60. The van der Waals surface area contributed by atoms with Gasteiger partial charge >= 0.3 is 155 Å². The summed E-state index contributed by atoms with van der Waals surface area (Å²) in [4.78, 5) is 0. The molecule has 1 N–H and O–H groups in total. The van der Waals surface area contributed by atoms with Crippen LogP contribution in [-0.4, -0.2) is 26.3 Å². The Morgan fingerprint density at radius 2 is 1.31 bits per heavy atom. The second-order valence-electron chi connectivity index (χ2n) is 6.24. The number of nitrogens with zero attached hydrogens (tertiary/aromatic N) is 2. The Bertz CT molecular complexity index is 865. The Balaban J connectivity index is 2.32. The first kappa shape index (κ1) is 18.0. The van der Waals surface area contributed by atoms with E-state index in [0.29, 0.717) is 0 Å². The van der Waals surface area contributed by atoms with Crippen LogP contribution in [0.25, 0.3) is 0 Å². The molecule has 0 heterocycles. The number of benzene rings is 3. The van der Waals surface area contributed by atoms with Gasteiger partial charge in [0.25, 0.3) is 0 Å². The first-order valence-corrected chi connectivity index (χ1v) is 11.1. The van der Waals surface area contributed by atoms with Crippen LogP contribution in [0.3, 0.4) is 0 Å². The molecule has 0 amide bonds. The number of nitrogens with one attached hydrogen (secondary N) is 1. The van der Waals surface area contributed by atoms with E-state index in [1.54, 1.807) is 0 Å². The Morgan fingerprint density at radius 3 is 1.81 bits per heavy atom. The van der Waals surface area contributed by atoms with E-state index < -0.39 is 7.26 Å². The summed E-state index contributed by atoms with van der Waals surface area (Å²) < 4.78 is 0. The van der Waals surface area contributed by atoms with Crippen molar-refractivity contribution in [2.24, 2.45) is 10.2 Å². The van der Waals surface area contributed by atoms with E-state index in [1.165, 1.54) is 15.9 Å². The normalized spacial score (nSPS) is 12.5. The summed E-state index contributed by atoms with van der Waals surface area (Å²) in [6, 6.07) is 30.0. The summed E-state index contributed by atoms with van der Waals surface area (Å²) in [7, 11) is -0.347. The van der Waals surface area contributed by atoms with Gasteiger partial charge in [-0.1, -0.05) is 0 Å². The first-order valence-electron chi connectivity index (χ1n) is 8.64. The third kappa shape index (κ3) is 3.31. The zero-order valence-electron chi connectivity index (χ0n) is 15.2. The van der Waals surface area contributed by atoms with Gasteiger partial charge in [0, 0.05) is 0 Å². The summed E-state index contributed by atoms with van der Waals surface area (Å²) in [6.45, 7) is 5.91. The number of hydrogen-bond donors (Lipinski definition) is 1. The Morgan fingerprint density at radius 1 is 0.808 bits per heavy atom. The van der Waals surface area contributed by atoms with Crippen molar-refractivity contribution in [3.63, 3.8) is 0 Å². The van der Waals surface area contributed by atoms with Crippen LogP contribution in [0.1, 0.15) is 5.56 Å². The first-order chi connectivity index (χ1) is 12.7. The number of amidine groups is 1. The molecule has 132 valence electrons. The summed E-state index contributed by atoms with van der Waals surface area (Å²) >= 11 is 0. The number of hydrogen-bond acceptors (Lipinski definition) is 2. The van der Waals surface area contributed by atoms with Crippen molar-refractivity contribution >= 4 is 35.7 Å². The average Bonchev–Trinajstić information content (AvgIpc) is 2.73. The Labute approximate surface area is 155 Å². The molecule has 0 spiro atoms. The van der Waals surface area contributed by atoms with Gasteiger partial charge in [0.2, 0.25) is 0 Å². The predicted octanol–water partition coefficient (Wildman–Crippen LogP) is 2.92. The van der Waals surface area contributed by atoms with Crippen molar-refractivity contribution in [3.05, 3.63) is 90.5 Å². The van der Waals surface area contributed by atoms with Gasteiger partial charge in [-0.05, 0) is 0 Å². The molecular formula is C22H24N3P. The van der Waals surface area contributed by atoms with E-state index in [4.69, 9.17) is 0 Å². The maximum absolute atomic E-state index is 4.22. The standard InChI is InChI=1S/C22H24N3P/c1-23-22(25-24-2)20-16-10-11-17-21(20)26(3,18-12-6-4-7-13-18)19-14-8-5-9-15-19/h4-17,26H,2H2,1,3H3,(H,23,25). The average molecular weight is 361 g/mol. The second kappa shape index (κ2) is 8.07. The fourth-order valence-corrected chi connectivity index (χ4v) is 7.30. The monoisotopic (exact) mass is 361 g/mol. The van der Waals surface area contributed by atoms with Crippen LogP contribution in [0.5, 0.6) is 0 Å². The minimum atomic E-state index is -2.21. The zero-order valence-corrected chi connectivity index (χ0v) is 16.2. The topological polar surface area (TPSA) is 36.8 Å². The van der Waals surface area contributed by atoms with Crippen LogP contribution >= 0.6 is 7.26 Å². The van der Waals surface area contributed by atoms with E-state index in [2.05, 4.69) is 108 Å². The second-order valence-corrected chi connectivity index (χ2v) is 10.2.